The molecule has 0 aromatic rings. The van der Waals surface area contributed by atoms with Gasteiger partial charge in [0, 0.05) is 152 Å². The number of aliphatic imine (C=N–C) groups is 8. The van der Waals surface area contributed by atoms with Crippen molar-refractivity contribution in [3.05, 3.63) is 0 Å². The monoisotopic (exact) mass is 1380 g/mol. The van der Waals surface area contributed by atoms with E-state index in [1.54, 1.807) is 0 Å². The molecule has 0 aliphatic carbocycles. The van der Waals surface area contributed by atoms with Crippen molar-refractivity contribution in [3.8, 4) is 0 Å². The summed E-state index contributed by atoms with van der Waals surface area (Å²) in [6.07, 6.45) is 3.26. The minimum atomic E-state index is -0.850. The zero-order valence-electron chi connectivity index (χ0n) is 56.0. The zero-order chi connectivity index (χ0) is 73.1. The molecule has 0 aromatic heterocycles. The lowest BCUT2D eigenvalue weighted by Gasteiger charge is -2.25. The molecule has 0 aliphatic heterocycles. The van der Waals surface area contributed by atoms with E-state index in [4.69, 9.17) is 103 Å². The Kier molecular flexibility index (Phi) is 46.7. The van der Waals surface area contributed by atoms with Gasteiger partial charge in [-0.1, -0.05) is 0 Å². The molecule has 0 fully saturated rings. The van der Waals surface area contributed by atoms with Crippen LogP contribution in [0.4, 0.5) is 0 Å². The normalized spacial score (nSPS) is 13.2. The molecule has 0 aromatic carbocycles. The molecule has 0 radical (unpaired) electrons. The quantitative estimate of drug-likeness (QED) is 0.0153. The van der Waals surface area contributed by atoms with Crippen molar-refractivity contribution >= 4 is 94.9 Å². The third-order valence-electron chi connectivity index (χ3n) is 14.1. The van der Waals surface area contributed by atoms with Gasteiger partial charge < -0.3 is 140 Å². The van der Waals surface area contributed by atoms with Gasteiger partial charge in [0.15, 0.2) is 47.7 Å². The van der Waals surface area contributed by atoms with Crippen LogP contribution in [-0.2, 0) is 38.4 Å². The van der Waals surface area contributed by atoms with Crippen LogP contribution in [0.1, 0.15) is 154 Å². The molecular weight excluding hydrogens is 1260 g/mol. The van der Waals surface area contributed by atoms with Gasteiger partial charge in [0.05, 0.1) is 0 Å². The fourth-order valence-electron chi connectivity index (χ4n) is 9.89. The second kappa shape index (κ2) is 52.2. The van der Waals surface area contributed by atoms with Crippen molar-refractivity contribution in [3.63, 3.8) is 0 Å². The highest BCUT2D eigenvalue weighted by molar-refractivity contribution is 5.85. The molecule has 8 amide bonds. The van der Waals surface area contributed by atoms with Gasteiger partial charge in [-0.25, -0.2) is 0 Å². The summed E-state index contributed by atoms with van der Waals surface area (Å²) in [6.45, 7) is 1.58. The molecular formula is C56H115N33O8. The summed E-state index contributed by atoms with van der Waals surface area (Å²) < 4.78 is 0. The predicted molar refractivity (Wildman–Crippen MR) is 377 cm³/mol. The first kappa shape index (κ1) is 86.9. The first-order valence-electron chi connectivity index (χ1n) is 32.3. The van der Waals surface area contributed by atoms with Crippen LogP contribution in [-0.4, -0.2) is 196 Å². The number of amides is 8. The van der Waals surface area contributed by atoms with E-state index < -0.39 is 95.6 Å². The van der Waals surface area contributed by atoms with Gasteiger partial charge in [-0.3, -0.25) is 78.3 Å². The topological polar surface area (TPSA) is 788 Å². The SMILES string of the molecule is NC(=O)C[C@H](CCCN=C(N)N)NC(=O)C[C@H](CCCN=C(N)N)NC(=O)C[C@H](CCCN=C(N)N)NC(=O)C[C@H](CCCN=C(N)N)NC(=O)C[C@H](CCCN=C(N)N)NC(=O)C[C@H](CCCN=C(N)N)NC(=O)C[C@H](CCCN=C(N)N)NC(=O)C[C@@H](N)CCCN=C(N)N. The van der Waals surface area contributed by atoms with Crippen molar-refractivity contribution in [2.24, 2.45) is 143 Å². The maximum Gasteiger partial charge on any atom is 0.222 e. The smallest absolute Gasteiger partial charge is 0.222 e. The molecule has 97 heavy (non-hydrogen) atoms. The summed E-state index contributed by atoms with van der Waals surface area (Å²) in [5.74, 6) is -5.40. The van der Waals surface area contributed by atoms with Crippen LogP contribution < -0.4 is 140 Å². The second-order valence-corrected chi connectivity index (χ2v) is 23.3. The fourth-order valence-corrected chi connectivity index (χ4v) is 9.89. The molecule has 0 saturated heterocycles. The van der Waals surface area contributed by atoms with Gasteiger partial charge in [-0.15, -0.1) is 0 Å². The molecule has 552 valence electrons. The number of nitrogens with one attached hydrogen (secondary N) is 7. The van der Waals surface area contributed by atoms with E-state index in [2.05, 4.69) is 77.2 Å². The van der Waals surface area contributed by atoms with Gasteiger partial charge in [0.2, 0.25) is 47.3 Å². The van der Waals surface area contributed by atoms with Gasteiger partial charge in [-0.05, 0) is 103 Å². The Hall–Kier alpha value is -10.1. The summed E-state index contributed by atoms with van der Waals surface area (Å²) >= 11 is 0. The number of guanidine groups is 8. The maximum atomic E-state index is 14.2. The van der Waals surface area contributed by atoms with Gasteiger partial charge in [-0.2, -0.15) is 0 Å². The average Bonchev–Trinajstić information content (AvgIpc) is 0.960. The summed E-state index contributed by atoms with van der Waals surface area (Å²) in [6, 6.07) is -5.97. The number of carbonyl (C=O) groups excluding carboxylic acids is 8. The maximum absolute atomic E-state index is 14.2. The number of nitrogens with two attached hydrogens (primary N) is 18. The van der Waals surface area contributed by atoms with E-state index in [9.17, 15) is 38.4 Å². The third kappa shape index (κ3) is 53.9. The van der Waals surface area contributed by atoms with Crippen LogP contribution >= 0.6 is 0 Å². The van der Waals surface area contributed by atoms with E-state index in [0.717, 1.165) is 0 Å². The Labute approximate surface area is 566 Å². The van der Waals surface area contributed by atoms with Crippen molar-refractivity contribution in [1.29, 1.82) is 0 Å². The number of nitrogens with zero attached hydrogens (tertiary/aromatic N) is 8. The Bertz CT molecular complexity index is 2620. The average molecular weight is 1380 g/mol. The number of rotatable bonds is 55. The lowest BCUT2D eigenvalue weighted by molar-refractivity contribution is -0.127. The number of hydrogen-bond donors (Lipinski definition) is 25. The fraction of sp³-hybridized carbons (Fsp3) is 0.714. The standard InChI is InChI=1S/C56H115N33O8/c57-33(9-1-17-75-49(59)60)25-42(91)84-35(11-3-19-77-51(63)64)27-44(93)86-37(13-5-21-79-53(67)68)29-46(95)88-39(15-7-23-81-55(71)72)31-48(97)89-40(16-8-24-82-56(73)74)32-47(96)87-38(14-6-22-80-54(69)70)30-45(94)85-36(12-4-20-78-52(65)66)28-43(92)83-34(26-41(58)90)10-2-18-76-50(61)62/h33-40H,1-32,57H2,(H2,58,90)(H,83,92)(H,84,91)(H,85,94)(H,86,93)(H,87,96)(H,88,95)(H,89,97)(H4,59,60,75)(H4,61,62,76)(H4,63,64,77)(H4,65,66,78)(H4,67,68,79)(H4,69,70,80)(H4,71,72,81)(H4,73,74,82)/t33-,34-,35-,36-,37-,38-,39-,40-/m0/s1. The van der Waals surface area contributed by atoms with Crippen molar-refractivity contribution in [1.82, 2.24) is 37.2 Å². The predicted octanol–water partition coefficient (Wildman–Crippen LogP) is -9.26. The molecule has 0 unspecified atom stereocenters. The molecule has 0 aliphatic rings. The van der Waals surface area contributed by atoms with Gasteiger partial charge >= 0.3 is 0 Å². The van der Waals surface area contributed by atoms with E-state index in [1.165, 1.54) is 0 Å². The molecule has 41 nitrogen and oxygen atoms in total. The molecule has 0 heterocycles. The van der Waals surface area contributed by atoms with E-state index >= 15 is 0 Å². The van der Waals surface area contributed by atoms with Crippen LogP contribution in [0, 0.1) is 0 Å². The summed E-state index contributed by atoms with van der Waals surface area (Å²) in [5, 5.41) is 20.3. The van der Waals surface area contributed by atoms with Crippen LogP contribution in [0.3, 0.4) is 0 Å². The second-order valence-electron chi connectivity index (χ2n) is 23.3. The van der Waals surface area contributed by atoms with Crippen LogP contribution in [0.25, 0.3) is 0 Å². The minimum Gasteiger partial charge on any atom is -0.370 e. The molecule has 8 atom stereocenters. The molecule has 43 N–H and O–H groups in total. The Morgan fingerprint density at radius 2 is 0.361 bits per heavy atom. The third-order valence-corrected chi connectivity index (χ3v) is 14.1. The number of hydrogen-bond acceptors (Lipinski definition) is 17. The summed E-state index contributed by atoms with van der Waals surface area (Å²) in [5.41, 5.74) is 100. The highest BCUT2D eigenvalue weighted by atomic mass is 16.2. The van der Waals surface area contributed by atoms with Crippen LogP contribution in [0.2, 0.25) is 0 Å². The minimum absolute atomic E-state index is 0.0513. The number of carbonyl (C=O) groups is 8. The van der Waals surface area contributed by atoms with E-state index in [1.807, 2.05) is 0 Å². The molecule has 0 spiro atoms. The van der Waals surface area contributed by atoms with Crippen molar-refractivity contribution < 1.29 is 38.4 Å². The lowest BCUT2D eigenvalue weighted by Crippen LogP contribution is -2.47. The number of primary amides is 1. The largest absolute Gasteiger partial charge is 0.370 e. The zero-order valence-corrected chi connectivity index (χ0v) is 56.0. The molecule has 0 bridgehead atoms. The first-order valence-corrected chi connectivity index (χ1v) is 32.3. The molecule has 0 rings (SSSR count). The first-order chi connectivity index (χ1) is 45.8. The van der Waals surface area contributed by atoms with Gasteiger partial charge in [0.1, 0.15) is 0 Å². The molecule has 41 heteroatoms. The Morgan fingerprint density at radius 1 is 0.216 bits per heavy atom. The lowest BCUT2D eigenvalue weighted by atomic mass is 10.0. The molecule has 0 saturated carbocycles. The summed E-state index contributed by atoms with van der Waals surface area (Å²) in [7, 11) is 0. The Morgan fingerprint density at radius 3 is 0.515 bits per heavy atom. The van der Waals surface area contributed by atoms with Crippen LogP contribution in [0.15, 0.2) is 39.9 Å². The van der Waals surface area contributed by atoms with E-state index in [-0.39, 0.29) is 177 Å². The van der Waals surface area contributed by atoms with Crippen LogP contribution in [0.5, 0.6) is 0 Å². The summed E-state index contributed by atoms with van der Waals surface area (Å²) in [4.78, 5) is 141. The van der Waals surface area contributed by atoms with Gasteiger partial charge in [0.25, 0.3) is 0 Å². The Balaban J connectivity index is 6.83. The van der Waals surface area contributed by atoms with Crippen molar-refractivity contribution in [2.45, 2.75) is 202 Å². The van der Waals surface area contributed by atoms with E-state index in [0.29, 0.717) is 77.2 Å². The highest BCUT2D eigenvalue weighted by Crippen LogP contribution is 2.14. The van der Waals surface area contributed by atoms with Crippen molar-refractivity contribution in [2.75, 3.05) is 52.4 Å². The highest BCUT2D eigenvalue weighted by Gasteiger charge is 2.27.